The Bertz CT molecular complexity index is 608. The third-order valence-electron chi connectivity index (χ3n) is 3.50. The number of aryl methyl sites for hydroxylation is 1. The lowest BCUT2D eigenvalue weighted by Crippen LogP contribution is -2.15. The number of hydrogen-bond donors (Lipinski definition) is 1. The molecule has 3 rings (SSSR count). The minimum Gasteiger partial charge on any atom is -0.457 e. The largest absolute Gasteiger partial charge is 0.457 e. The normalized spacial score (nSPS) is 14.3. The summed E-state index contributed by atoms with van der Waals surface area (Å²) in [6.45, 7) is 2.70. The van der Waals surface area contributed by atoms with Crippen LogP contribution in [0.15, 0.2) is 42.5 Å². The summed E-state index contributed by atoms with van der Waals surface area (Å²) in [6.07, 6.45) is 2.51. The predicted octanol–water partition coefficient (Wildman–Crippen LogP) is 4.18. The molecule has 3 heteroatoms. The summed E-state index contributed by atoms with van der Waals surface area (Å²) < 4.78 is 19.2. The lowest BCUT2D eigenvalue weighted by Gasteiger charge is -2.13. The highest BCUT2D eigenvalue weighted by Gasteiger charge is 2.20. The zero-order valence-electron chi connectivity index (χ0n) is 11.5. The Morgan fingerprint density at radius 2 is 1.95 bits per heavy atom. The average molecular weight is 271 g/mol. The smallest absolute Gasteiger partial charge is 0.133 e. The lowest BCUT2D eigenvalue weighted by atomic mass is 10.2. The SMILES string of the molecule is Cc1ccc(F)cc1Oc1ccccc1CNC1CC1. The zero-order valence-corrected chi connectivity index (χ0v) is 11.5. The van der Waals surface area contributed by atoms with E-state index in [1.807, 2.05) is 31.2 Å². The Kier molecular flexibility index (Phi) is 3.70. The molecule has 20 heavy (non-hydrogen) atoms. The molecule has 1 fully saturated rings. The molecule has 0 spiro atoms. The zero-order chi connectivity index (χ0) is 13.9. The number of rotatable bonds is 5. The van der Waals surface area contributed by atoms with Gasteiger partial charge in [-0.2, -0.15) is 0 Å². The molecular weight excluding hydrogens is 253 g/mol. The van der Waals surface area contributed by atoms with E-state index in [4.69, 9.17) is 4.74 Å². The van der Waals surface area contributed by atoms with Crippen LogP contribution >= 0.6 is 0 Å². The van der Waals surface area contributed by atoms with Crippen molar-refractivity contribution in [3.05, 3.63) is 59.4 Å². The second kappa shape index (κ2) is 5.63. The third-order valence-corrected chi connectivity index (χ3v) is 3.50. The van der Waals surface area contributed by atoms with E-state index in [0.29, 0.717) is 11.8 Å². The van der Waals surface area contributed by atoms with Crippen LogP contribution in [0.1, 0.15) is 24.0 Å². The van der Waals surface area contributed by atoms with E-state index >= 15 is 0 Å². The number of hydrogen-bond acceptors (Lipinski definition) is 2. The van der Waals surface area contributed by atoms with Crippen molar-refractivity contribution in [2.75, 3.05) is 0 Å². The second-order valence-corrected chi connectivity index (χ2v) is 5.27. The van der Waals surface area contributed by atoms with E-state index < -0.39 is 0 Å². The van der Waals surface area contributed by atoms with Gasteiger partial charge in [0.05, 0.1) is 0 Å². The molecule has 0 bridgehead atoms. The monoisotopic (exact) mass is 271 g/mol. The summed E-state index contributed by atoms with van der Waals surface area (Å²) in [5.74, 6) is 1.08. The first kappa shape index (κ1) is 13.1. The molecule has 0 aliphatic heterocycles. The second-order valence-electron chi connectivity index (χ2n) is 5.27. The Labute approximate surface area is 118 Å². The van der Waals surface area contributed by atoms with Gasteiger partial charge in [0.2, 0.25) is 0 Å². The van der Waals surface area contributed by atoms with Crippen LogP contribution in [0, 0.1) is 12.7 Å². The Morgan fingerprint density at radius 3 is 2.75 bits per heavy atom. The van der Waals surface area contributed by atoms with Gasteiger partial charge in [-0.15, -0.1) is 0 Å². The maximum Gasteiger partial charge on any atom is 0.133 e. The number of para-hydroxylation sites is 1. The molecule has 1 aliphatic carbocycles. The van der Waals surface area contributed by atoms with E-state index in [2.05, 4.69) is 5.32 Å². The van der Waals surface area contributed by atoms with Crippen molar-refractivity contribution < 1.29 is 9.13 Å². The van der Waals surface area contributed by atoms with Crippen LogP contribution in [0.4, 0.5) is 4.39 Å². The minimum absolute atomic E-state index is 0.279. The summed E-state index contributed by atoms with van der Waals surface area (Å²) in [4.78, 5) is 0. The predicted molar refractivity (Wildman–Crippen MR) is 77.5 cm³/mol. The maximum atomic E-state index is 13.3. The topological polar surface area (TPSA) is 21.3 Å². The first-order valence-electron chi connectivity index (χ1n) is 6.97. The highest BCUT2D eigenvalue weighted by molar-refractivity contribution is 5.41. The van der Waals surface area contributed by atoms with Crippen LogP contribution < -0.4 is 10.1 Å². The molecular formula is C17H18FNO. The van der Waals surface area contributed by atoms with E-state index in [1.54, 1.807) is 6.07 Å². The molecule has 0 amide bonds. The number of benzene rings is 2. The molecule has 2 nitrogen and oxygen atoms in total. The lowest BCUT2D eigenvalue weighted by molar-refractivity contribution is 0.464. The van der Waals surface area contributed by atoms with Gasteiger partial charge in [-0.25, -0.2) is 4.39 Å². The molecule has 2 aromatic carbocycles. The van der Waals surface area contributed by atoms with Gasteiger partial charge in [-0.1, -0.05) is 24.3 Å². The van der Waals surface area contributed by atoms with E-state index in [-0.39, 0.29) is 5.82 Å². The van der Waals surface area contributed by atoms with Gasteiger partial charge in [0.1, 0.15) is 17.3 Å². The fraction of sp³-hybridized carbons (Fsp3) is 0.294. The van der Waals surface area contributed by atoms with Crippen LogP contribution in [0.2, 0.25) is 0 Å². The quantitative estimate of drug-likeness (QED) is 0.881. The van der Waals surface area contributed by atoms with Crippen molar-refractivity contribution in [1.29, 1.82) is 0 Å². The molecule has 0 unspecified atom stereocenters. The van der Waals surface area contributed by atoms with Crippen LogP contribution in [-0.2, 0) is 6.54 Å². The van der Waals surface area contributed by atoms with Gasteiger partial charge in [0, 0.05) is 24.2 Å². The summed E-state index contributed by atoms with van der Waals surface area (Å²) in [5, 5.41) is 3.47. The number of ether oxygens (including phenoxy) is 1. The molecule has 0 heterocycles. The van der Waals surface area contributed by atoms with Gasteiger partial charge in [0.25, 0.3) is 0 Å². The Morgan fingerprint density at radius 1 is 1.15 bits per heavy atom. The highest BCUT2D eigenvalue weighted by atomic mass is 19.1. The van der Waals surface area contributed by atoms with Crippen LogP contribution in [0.25, 0.3) is 0 Å². The third kappa shape index (κ3) is 3.17. The van der Waals surface area contributed by atoms with Crippen molar-refractivity contribution in [3.63, 3.8) is 0 Å². The molecule has 0 saturated heterocycles. The highest BCUT2D eigenvalue weighted by Crippen LogP contribution is 2.29. The van der Waals surface area contributed by atoms with Crippen molar-refractivity contribution in [1.82, 2.24) is 5.32 Å². The summed E-state index contributed by atoms with van der Waals surface area (Å²) in [5.41, 5.74) is 2.03. The first-order chi connectivity index (χ1) is 9.72. The van der Waals surface area contributed by atoms with E-state index in [0.717, 1.165) is 23.4 Å². The number of halogens is 1. The van der Waals surface area contributed by atoms with Gasteiger partial charge < -0.3 is 10.1 Å². The van der Waals surface area contributed by atoms with Gasteiger partial charge in [0.15, 0.2) is 0 Å². The van der Waals surface area contributed by atoms with Crippen molar-refractivity contribution >= 4 is 0 Å². The Hall–Kier alpha value is -1.87. The molecule has 104 valence electrons. The van der Waals surface area contributed by atoms with E-state index in [9.17, 15) is 4.39 Å². The standard InChI is InChI=1S/C17H18FNO/c1-12-6-7-14(18)10-17(12)20-16-5-3-2-4-13(16)11-19-15-8-9-15/h2-7,10,15,19H,8-9,11H2,1H3. The maximum absolute atomic E-state index is 13.3. The van der Waals surface area contributed by atoms with Crippen LogP contribution in [-0.4, -0.2) is 6.04 Å². The Balaban J connectivity index is 1.80. The number of nitrogens with one attached hydrogen (secondary N) is 1. The summed E-state index contributed by atoms with van der Waals surface area (Å²) in [6, 6.07) is 13.2. The summed E-state index contributed by atoms with van der Waals surface area (Å²) >= 11 is 0. The van der Waals surface area contributed by atoms with E-state index in [1.165, 1.54) is 25.0 Å². The van der Waals surface area contributed by atoms with Crippen molar-refractivity contribution in [3.8, 4) is 11.5 Å². The van der Waals surface area contributed by atoms with Gasteiger partial charge >= 0.3 is 0 Å². The molecule has 1 aliphatic rings. The van der Waals surface area contributed by atoms with Crippen molar-refractivity contribution in [2.24, 2.45) is 0 Å². The fourth-order valence-electron chi connectivity index (χ4n) is 2.09. The molecule has 0 radical (unpaired) electrons. The fourth-order valence-corrected chi connectivity index (χ4v) is 2.09. The minimum atomic E-state index is -0.279. The molecule has 1 N–H and O–H groups in total. The molecule has 1 saturated carbocycles. The van der Waals surface area contributed by atoms with Gasteiger partial charge in [-0.05, 0) is 37.5 Å². The first-order valence-corrected chi connectivity index (χ1v) is 6.97. The molecule has 2 aromatic rings. The van der Waals surface area contributed by atoms with Crippen molar-refractivity contribution in [2.45, 2.75) is 32.4 Å². The molecule has 0 aromatic heterocycles. The van der Waals surface area contributed by atoms with Crippen LogP contribution in [0.3, 0.4) is 0 Å². The van der Waals surface area contributed by atoms with Gasteiger partial charge in [-0.3, -0.25) is 0 Å². The average Bonchev–Trinajstić information content (AvgIpc) is 3.26. The molecule has 0 atom stereocenters. The van der Waals surface area contributed by atoms with Crippen LogP contribution in [0.5, 0.6) is 11.5 Å². The summed E-state index contributed by atoms with van der Waals surface area (Å²) in [7, 11) is 0.